The predicted molar refractivity (Wildman–Crippen MR) is 81.9 cm³/mol. The Morgan fingerprint density at radius 2 is 1.95 bits per heavy atom. The van der Waals surface area contributed by atoms with E-state index in [0.717, 1.165) is 0 Å². The van der Waals surface area contributed by atoms with Gasteiger partial charge in [0.25, 0.3) is 5.91 Å². The van der Waals surface area contributed by atoms with Gasteiger partial charge in [-0.15, -0.1) is 0 Å². The maximum Gasteiger partial charge on any atom is 0.259 e. The lowest BCUT2D eigenvalue weighted by Crippen LogP contribution is -2.30. The van der Waals surface area contributed by atoms with Gasteiger partial charge < -0.3 is 10.0 Å². The number of carbonyl (C=O) groups excluding carboxylic acids is 1. The number of carbonyl (C=O) groups is 1. The molecule has 0 aliphatic carbocycles. The van der Waals surface area contributed by atoms with Crippen LogP contribution in [0.3, 0.4) is 0 Å². The Bertz CT molecular complexity index is 644. The lowest BCUT2D eigenvalue weighted by molar-refractivity contribution is 0.0988. The number of aromatic hydroxyl groups is 1. The Labute approximate surface area is 127 Å². The van der Waals surface area contributed by atoms with Gasteiger partial charge in [0.05, 0.1) is 10.6 Å². The topological polar surface area (TPSA) is 40.5 Å². The zero-order valence-corrected chi connectivity index (χ0v) is 12.3. The highest BCUT2D eigenvalue weighted by atomic mass is 35.5. The fourth-order valence-corrected chi connectivity index (χ4v) is 2.28. The summed E-state index contributed by atoms with van der Waals surface area (Å²) in [5, 5.41) is 10.3. The zero-order valence-electron chi connectivity index (χ0n) is 10.8. The summed E-state index contributed by atoms with van der Waals surface area (Å²) < 4.78 is 0. The van der Waals surface area contributed by atoms with Crippen LogP contribution in [0, 0.1) is 0 Å². The van der Waals surface area contributed by atoms with E-state index >= 15 is 0 Å². The van der Waals surface area contributed by atoms with E-state index in [1.54, 1.807) is 30.3 Å². The summed E-state index contributed by atoms with van der Waals surface area (Å²) in [4.78, 5) is 14.1. The van der Waals surface area contributed by atoms with Crippen LogP contribution in [0.4, 0.5) is 5.69 Å². The van der Waals surface area contributed by atoms with Crippen molar-refractivity contribution in [2.45, 2.75) is 6.92 Å². The van der Waals surface area contributed by atoms with E-state index in [1.165, 1.54) is 17.0 Å². The second-order valence-corrected chi connectivity index (χ2v) is 5.04. The van der Waals surface area contributed by atoms with Crippen molar-refractivity contribution in [3.63, 3.8) is 0 Å². The van der Waals surface area contributed by atoms with E-state index in [1.807, 2.05) is 6.92 Å². The van der Waals surface area contributed by atoms with Gasteiger partial charge in [-0.25, -0.2) is 0 Å². The van der Waals surface area contributed by atoms with Gasteiger partial charge >= 0.3 is 0 Å². The monoisotopic (exact) mass is 309 g/mol. The van der Waals surface area contributed by atoms with Crippen molar-refractivity contribution >= 4 is 34.8 Å². The van der Waals surface area contributed by atoms with Crippen molar-refractivity contribution in [3.8, 4) is 5.75 Å². The molecule has 0 aliphatic rings. The summed E-state index contributed by atoms with van der Waals surface area (Å²) in [5.41, 5.74) is 0.943. The predicted octanol–water partition coefficient (Wildman–Crippen LogP) is 4.37. The van der Waals surface area contributed by atoms with E-state index < -0.39 is 0 Å². The standard InChI is InChI=1S/C15H13Cl2NO2/c1-2-18(11-4-3-5-12(19)9-11)15(20)13-8-10(16)6-7-14(13)17/h3-9,19H,2H2,1H3. The molecule has 0 spiro atoms. The Morgan fingerprint density at radius 1 is 1.20 bits per heavy atom. The third kappa shape index (κ3) is 3.06. The summed E-state index contributed by atoms with van der Waals surface area (Å²) in [6.45, 7) is 2.30. The van der Waals surface area contributed by atoms with Gasteiger partial charge in [-0.05, 0) is 37.3 Å². The Kier molecular flexibility index (Phi) is 4.53. The second kappa shape index (κ2) is 6.16. The number of rotatable bonds is 3. The third-order valence-electron chi connectivity index (χ3n) is 2.86. The first-order valence-corrected chi connectivity index (χ1v) is 6.84. The molecule has 0 aliphatic heterocycles. The van der Waals surface area contributed by atoms with Crippen LogP contribution in [0.1, 0.15) is 17.3 Å². The van der Waals surface area contributed by atoms with E-state index in [9.17, 15) is 9.90 Å². The van der Waals surface area contributed by atoms with Crippen molar-refractivity contribution in [2.24, 2.45) is 0 Å². The summed E-state index contributed by atoms with van der Waals surface area (Å²) in [6.07, 6.45) is 0. The van der Waals surface area contributed by atoms with Crippen molar-refractivity contribution < 1.29 is 9.90 Å². The van der Waals surface area contributed by atoms with Crippen LogP contribution in [-0.4, -0.2) is 17.6 Å². The molecule has 20 heavy (non-hydrogen) atoms. The van der Waals surface area contributed by atoms with Gasteiger partial charge in [0, 0.05) is 23.3 Å². The number of phenols is 1. The van der Waals surface area contributed by atoms with E-state index in [2.05, 4.69) is 0 Å². The Balaban J connectivity index is 2.41. The van der Waals surface area contributed by atoms with Crippen molar-refractivity contribution in [2.75, 3.05) is 11.4 Å². The first kappa shape index (κ1) is 14.7. The molecule has 1 N–H and O–H groups in total. The lowest BCUT2D eigenvalue weighted by atomic mass is 10.1. The van der Waals surface area contributed by atoms with Crippen molar-refractivity contribution in [3.05, 3.63) is 58.1 Å². The molecule has 2 aromatic carbocycles. The molecule has 0 atom stereocenters. The summed E-state index contributed by atoms with van der Waals surface area (Å²) >= 11 is 12.0. The summed E-state index contributed by atoms with van der Waals surface area (Å²) in [7, 11) is 0. The first-order valence-electron chi connectivity index (χ1n) is 6.09. The highest BCUT2D eigenvalue weighted by Gasteiger charge is 2.19. The third-order valence-corrected chi connectivity index (χ3v) is 3.43. The lowest BCUT2D eigenvalue weighted by Gasteiger charge is -2.22. The zero-order chi connectivity index (χ0) is 14.7. The molecule has 0 bridgehead atoms. The van der Waals surface area contributed by atoms with Gasteiger partial charge in [-0.1, -0.05) is 29.3 Å². The van der Waals surface area contributed by atoms with E-state index in [0.29, 0.717) is 27.8 Å². The van der Waals surface area contributed by atoms with Crippen LogP contribution in [0.2, 0.25) is 10.0 Å². The van der Waals surface area contributed by atoms with Crippen LogP contribution in [0.25, 0.3) is 0 Å². The summed E-state index contributed by atoms with van der Waals surface area (Å²) in [6, 6.07) is 11.3. The molecule has 0 unspecified atom stereocenters. The molecule has 3 nitrogen and oxygen atoms in total. The van der Waals surface area contributed by atoms with Crippen LogP contribution in [0.15, 0.2) is 42.5 Å². The Hall–Kier alpha value is -1.71. The number of halogens is 2. The smallest absolute Gasteiger partial charge is 0.259 e. The first-order chi connectivity index (χ1) is 9.52. The number of amides is 1. The highest BCUT2D eigenvalue weighted by Crippen LogP contribution is 2.26. The maximum atomic E-state index is 12.6. The summed E-state index contributed by atoms with van der Waals surface area (Å²) in [5.74, 6) is -0.156. The number of hydrogen-bond donors (Lipinski definition) is 1. The van der Waals surface area contributed by atoms with Crippen LogP contribution >= 0.6 is 23.2 Å². The molecule has 1 amide bonds. The minimum absolute atomic E-state index is 0.103. The fourth-order valence-electron chi connectivity index (χ4n) is 1.91. The molecule has 0 saturated carbocycles. The van der Waals surface area contributed by atoms with Gasteiger partial charge in [0.2, 0.25) is 0 Å². The van der Waals surface area contributed by atoms with Gasteiger partial charge in [0.1, 0.15) is 5.75 Å². The quantitative estimate of drug-likeness (QED) is 0.914. The highest BCUT2D eigenvalue weighted by molar-refractivity contribution is 6.36. The molecular weight excluding hydrogens is 297 g/mol. The van der Waals surface area contributed by atoms with Crippen molar-refractivity contribution in [1.29, 1.82) is 0 Å². The number of phenolic OH excluding ortho intramolecular Hbond substituents is 1. The second-order valence-electron chi connectivity index (χ2n) is 4.19. The minimum Gasteiger partial charge on any atom is -0.508 e. The van der Waals surface area contributed by atoms with E-state index in [4.69, 9.17) is 23.2 Å². The molecule has 2 rings (SSSR count). The fraction of sp³-hybridized carbons (Fsp3) is 0.133. The number of benzene rings is 2. The number of hydrogen-bond acceptors (Lipinski definition) is 2. The number of nitrogens with zero attached hydrogens (tertiary/aromatic N) is 1. The molecule has 0 heterocycles. The maximum absolute atomic E-state index is 12.6. The van der Waals surface area contributed by atoms with Gasteiger partial charge in [-0.2, -0.15) is 0 Å². The molecule has 0 aromatic heterocycles. The van der Waals surface area contributed by atoms with Gasteiger partial charge in [-0.3, -0.25) is 4.79 Å². The molecule has 0 fully saturated rings. The molecule has 0 saturated heterocycles. The van der Waals surface area contributed by atoms with Crippen LogP contribution < -0.4 is 4.90 Å². The van der Waals surface area contributed by atoms with Crippen LogP contribution in [0.5, 0.6) is 5.75 Å². The van der Waals surface area contributed by atoms with Crippen LogP contribution in [-0.2, 0) is 0 Å². The Morgan fingerprint density at radius 3 is 2.60 bits per heavy atom. The van der Waals surface area contributed by atoms with E-state index in [-0.39, 0.29) is 11.7 Å². The average molecular weight is 310 g/mol. The van der Waals surface area contributed by atoms with Crippen molar-refractivity contribution in [1.82, 2.24) is 0 Å². The molecule has 5 heteroatoms. The molecule has 0 radical (unpaired) electrons. The number of anilines is 1. The molecular formula is C15H13Cl2NO2. The molecule has 104 valence electrons. The minimum atomic E-state index is -0.259. The average Bonchev–Trinajstić information content (AvgIpc) is 2.42. The molecule has 2 aromatic rings. The SMILES string of the molecule is CCN(C(=O)c1cc(Cl)ccc1Cl)c1cccc(O)c1. The normalized spacial score (nSPS) is 10.3. The van der Waals surface area contributed by atoms with Gasteiger partial charge in [0.15, 0.2) is 0 Å². The largest absolute Gasteiger partial charge is 0.508 e.